The van der Waals surface area contributed by atoms with Crippen LogP contribution in [0.25, 0.3) is 0 Å². The highest BCUT2D eigenvalue weighted by Crippen LogP contribution is 2.28. The highest BCUT2D eigenvalue weighted by atomic mass is 35.5. The van der Waals surface area contributed by atoms with Crippen LogP contribution in [0.4, 0.5) is 5.69 Å². The van der Waals surface area contributed by atoms with Gasteiger partial charge in [-0.15, -0.1) is 0 Å². The van der Waals surface area contributed by atoms with E-state index in [1.165, 1.54) is 5.56 Å². The number of benzene rings is 2. The first-order chi connectivity index (χ1) is 10.2. The van der Waals surface area contributed by atoms with Crippen LogP contribution in [0.1, 0.15) is 12.0 Å². The van der Waals surface area contributed by atoms with Crippen LogP contribution in [0, 0.1) is 5.41 Å². The first kappa shape index (κ1) is 14.0. The van der Waals surface area contributed by atoms with E-state index in [-0.39, 0.29) is 0 Å². The fourth-order valence-electron chi connectivity index (χ4n) is 2.54. The summed E-state index contributed by atoms with van der Waals surface area (Å²) >= 11 is 5.84. The Morgan fingerprint density at radius 1 is 1.10 bits per heavy atom. The minimum absolute atomic E-state index is 0.633. The maximum Gasteiger partial charge on any atom is 0.119 e. The molecule has 3 rings (SSSR count). The van der Waals surface area contributed by atoms with Crippen molar-refractivity contribution in [1.82, 2.24) is 0 Å². The third-order valence-corrected chi connectivity index (χ3v) is 3.83. The monoisotopic (exact) mass is 300 g/mol. The van der Waals surface area contributed by atoms with Crippen molar-refractivity contribution in [2.75, 3.05) is 18.1 Å². The number of hydrogen-bond acceptors (Lipinski definition) is 2. The lowest BCUT2D eigenvalue weighted by Crippen LogP contribution is -2.28. The van der Waals surface area contributed by atoms with Crippen molar-refractivity contribution >= 4 is 23.1 Å². The van der Waals surface area contributed by atoms with Gasteiger partial charge in [0, 0.05) is 23.7 Å². The summed E-state index contributed by atoms with van der Waals surface area (Å²) in [6.07, 6.45) is 1.60. The molecule has 2 aromatic rings. The highest BCUT2D eigenvalue weighted by Gasteiger charge is 2.22. The Morgan fingerprint density at radius 2 is 1.86 bits per heavy atom. The molecule has 0 saturated heterocycles. The lowest BCUT2D eigenvalue weighted by Gasteiger charge is -2.19. The van der Waals surface area contributed by atoms with Gasteiger partial charge in [0.2, 0.25) is 0 Å². The van der Waals surface area contributed by atoms with E-state index in [2.05, 4.69) is 17.0 Å². The molecular formula is C17H17ClN2O. The van der Waals surface area contributed by atoms with Gasteiger partial charge in [-0.3, -0.25) is 5.41 Å². The number of anilines is 1. The molecule has 0 bridgehead atoms. The van der Waals surface area contributed by atoms with Gasteiger partial charge in [0.15, 0.2) is 0 Å². The van der Waals surface area contributed by atoms with Crippen LogP contribution in [0.15, 0.2) is 48.5 Å². The normalized spacial score (nSPS) is 13.4. The standard InChI is InChI=1S/C17H17ClN2O/c18-14-6-8-15(9-7-14)21-11-3-10-20-16-5-2-1-4-13(16)12-17(20)19/h1-2,4-9,19H,3,10-12H2. The van der Waals surface area contributed by atoms with Crippen LogP contribution < -0.4 is 9.64 Å². The van der Waals surface area contributed by atoms with E-state index in [9.17, 15) is 0 Å². The van der Waals surface area contributed by atoms with Gasteiger partial charge in [0.1, 0.15) is 11.6 Å². The number of hydrogen-bond donors (Lipinski definition) is 1. The van der Waals surface area contributed by atoms with Gasteiger partial charge in [-0.05, 0) is 42.3 Å². The van der Waals surface area contributed by atoms with Gasteiger partial charge < -0.3 is 9.64 Å². The van der Waals surface area contributed by atoms with Crippen LogP contribution in [-0.2, 0) is 6.42 Å². The molecule has 0 fully saturated rings. The molecule has 108 valence electrons. The van der Waals surface area contributed by atoms with Gasteiger partial charge in [-0.1, -0.05) is 29.8 Å². The third-order valence-electron chi connectivity index (χ3n) is 3.57. The quantitative estimate of drug-likeness (QED) is 0.842. The summed E-state index contributed by atoms with van der Waals surface area (Å²) in [4.78, 5) is 2.07. The summed E-state index contributed by atoms with van der Waals surface area (Å²) < 4.78 is 5.69. The second kappa shape index (κ2) is 6.19. The van der Waals surface area contributed by atoms with Gasteiger partial charge in [-0.2, -0.15) is 0 Å². The predicted molar refractivity (Wildman–Crippen MR) is 86.8 cm³/mol. The smallest absolute Gasteiger partial charge is 0.119 e. The van der Waals surface area contributed by atoms with E-state index in [0.717, 1.165) is 30.8 Å². The van der Waals surface area contributed by atoms with E-state index in [0.29, 0.717) is 17.5 Å². The average molecular weight is 301 g/mol. The van der Waals surface area contributed by atoms with Crippen molar-refractivity contribution in [2.24, 2.45) is 0 Å². The lowest BCUT2D eigenvalue weighted by molar-refractivity contribution is 0.313. The molecule has 1 aliphatic rings. The Kier molecular flexibility index (Phi) is 4.11. The van der Waals surface area contributed by atoms with Crippen LogP contribution >= 0.6 is 11.6 Å². The zero-order valence-corrected chi connectivity index (χ0v) is 12.4. The number of nitrogens with one attached hydrogen (secondary N) is 1. The maximum absolute atomic E-state index is 8.09. The molecule has 0 radical (unpaired) electrons. The fourth-order valence-corrected chi connectivity index (χ4v) is 2.67. The third kappa shape index (κ3) is 3.19. The topological polar surface area (TPSA) is 36.3 Å². The Labute approximate surface area is 129 Å². The highest BCUT2D eigenvalue weighted by molar-refractivity contribution is 6.30. The number of amidine groups is 1. The van der Waals surface area contributed by atoms with Crippen LogP contribution in [0.2, 0.25) is 5.02 Å². The molecule has 21 heavy (non-hydrogen) atoms. The summed E-state index contributed by atoms with van der Waals surface area (Å²) in [7, 11) is 0. The molecule has 1 N–H and O–H groups in total. The van der Waals surface area contributed by atoms with Crippen molar-refractivity contribution in [2.45, 2.75) is 12.8 Å². The van der Waals surface area contributed by atoms with Crippen molar-refractivity contribution < 1.29 is 4.74 Å². The molecule has 4 heteroatoms. The lowest BCUT2D eigenvalue weighted by atomic mass is 10.2. The van der Waals surface area contributed by atoms with Crippen LogP contribution in [-0.4, -0.2) is 19.0 Å². The second-order valence-corrected chi connectivity index (χ2v) is 5.50. The number of halogens is 1. The number of para-hydroxylation sites is 1. The van der Waals surface area contributed by atoms with Gasteiger partial charge in [0.25, 0.3) is 0 Å². The molecule has 0 saturated carbocycles. The molecule has 2 aromatic carbocycles. The number of fused-ring (bicyclic) bond motifs is 1. The van der Waals surface area contributed by atoms with Crippen molar-refractivity contribution in [3.05, 3.63) is 59.1 Å². The largest absolute Gasteiger partial charge is 0.494 e. The van der Waals surface area contributed by atoms with Crippen molar-refractivity contribution in [1.29, 1.82) is 5.41 Å². The molecule has 0 amide bonds. The minimum atomic E-state index is 0.633. The first-order valence-corrected chi connectivity index (χ1v) is 7.43. The average Bonchev–Trinajstić information content (AvgIpc) is 2.81. The predicted octanol–water partition coefficient (Wildman–Crippen LogP) is 4.15. The minimum Gasteiger partial charge on any atom is -0.494 e. The SMILES string of the molecule is N=C1Cc2ccccc2N1CCCOc1ccc(Cl)cc1. The van der Waals surface area contributed by atoms with Gasteiger partial charge >= 0.3 is 0 Å². The summed E-state index contributed by atoms with van der Waals surface area (Å²) in [5.41, 5.74) is 2.40. The van der Waals surface area contributed by atoms with Crippen LogP contribution in [0.3, 0.4) is 0 Å². The van der Waals surface area contributed by atoms with Gasteiger partial charge in [-0.25, -0.2) is 0 Å². The molecule has 0 aromatic heterocycles. The molecular weight excluding hydrogens is 284 g/mol. The van der Waals surface area contributed by atoms with E-state index >= 15 is 0 Å². The van der Waals surface area contributed by atoms with E-state index in [1.807, 2.05) is 36.4 Å². The van der Waals surface area contributed by atoms with Crippen molar-refractivity contribution in [3.63, 3.8) is 0 Å². The molecule has 0 aliphatic carbocycles. The summed E-state index contributed by atoms with van der Waals surface area (Å²) in [6.45, 7) is 1.44. The Hall–Kier alpha value is -2.00. The Bertz CT molecular complexity index is 639. The molecule has 0 unspecified atom stereocenters. The number of nitrogens with zero attached hydrogens (tertiary/aromatic N) is 1. The molecule has 1 heterocycles. The summed E-state index contributed by atoms with van der Waals surface area (Å²) in [5.74, 6) is 1.50. The van der Waals surface area contributed by atoms with Gasteiger partial charge in [0.05, 0.1) is 6.61 Å². The Morgan fingerprint density at radius 3 is 2.67 bits per heavy atom. The molecule has 0 atom stereocenters. The van der Waals surface area contributed by atoms with E-state index in [1.54, 1.807) is 0 Å². The number of ether oxygens (including phenoxy) is 1. The number of rotatable bonds is 5. The second-order valence-electron chi connectivity index (χ2n) is 5.06. The van der Waals surface area contributed by atoms with E-state index in [4.69, 9.17) is 21.7 Å². The molecule has 0 spiro atoms. The first-order valence-electron chi connectivity index (χ1n) is 7.05. The fraction of sp³-hybridized carbons (Fsp3) is 0.235. The zero-order valence-electron chi connectivity index (χ0n) is 11.7. The van der Waals surface area contributed by atoms with Crippen molar-refractivity contribution in [3.8, 4) is 5.75 Å². The summed E-state index contributed by atoms with van der Waals surface area (Å²) in [6, 6.07) is 15.6. The maximum atomic E-state index is 8.09. The molecule has 1 aliphatic heterocycles. The summed E-state index contributed by atoms with van der Waals surface area (Å²) in [5, 5.41) is 8.80. The molecule has 3 nitrogen and oxygen atoms in total. The Balaban J connectivity index is 1.52. The van der Waals surface area contributed by atoms with E-state index < -0.39 is 0 Å². The zero-order chi connectivity index (χ0) is 14.7. The van der Waals surface area contributed by atoms with Crippen LogP contribution in [0.5, 0.6) is 5.75 Å².